The van der Waals surface area contributed by atoms with E-state index < -0.39 is 0 Å². The topological polar surface area (TPSA) is 29.5 Å². The molecule has 1 aliphatic heterocycles. The summed E-state index contributed by atoms with van der Waals surface area (Å²) >= 11 is 0. The van der Waals surface area contributed by atoms with Crippen LogP contribution in [0.3, 0.4) is 0 Å². The zero-order valence-electron chi connectivity index (χ0n) is 6.68. The van der Waals surface area contributed by atoms with E-state index in [4.69, 9.17) is 9.84 Å². The fraction of sp³-hybridized carbons (Fsp3) is 0.556. The minimum absolute atomic E-state index is 0.151. The van der Waals surface area contributed by atoms with Crippen LogP contribution in [-0.2, 0) is 4.74 Å². The molecule has 0 aromatic rings. The van der Waals surface area contributed by atoms with Crippen LogP contribution in [0, 0.1) is 0 Å². The number of hydrogen-bond acceptors (Lipinski definition) is 2. The lowest BCUT2D eigenvalue weighted by molar-refractivity contribution is 0.0721. The number of allylic oxidation sites excluding steroid dienone is 1. The first-order valence-corrected chi connectivity index (χ1v) is 3.88. The van der Waals surface area contributed by atoms with Gasteiger partial charge in [0.25, 0.3) is 0 Å². The number of ether oxygens (including phenoxy) is 1. The molecule has 62 valence electrons. The molecule has 2 nitrogen and oxygen atoms in total. The van der Waals surface area contributed by atoms with Gasteiger partial charge >= 0.3 is 0 Å². The molecule has 1 atom stereocenters. The quantitative estimate of drug-likeness (QED) is 0.655. The Hall–Kier alpha value is -0.760. The van der Waals surface area contributed by atoms with E-state index in [1.54, 1.807) is 0 Å². The first-order valence-electron chi connectivity index (χ1n) is 3.88. The Kier molecular flexibility index (Phi) is 2.71. The van der Waals surface area contributed by atoms with Crippen LogP contribution in [0.2, 0.25) is 0 Å². The summed E-state index contributed by atoms with van der Waals surface area (Å²) in [5.74, 6) is 0.690. The Morgan fingerprint density at radius 2 is 2.27 bits per heavy atom. The molecule has 0 radical (unpaired) electrons. The summed E-state index contributed by atoms with van der Waals surface area (Å²) < 4.78 is 5.38. The molecule has 0 aliphatic carbocycles. The van der Waals surface area contributed by atoms with Crippen LogP contribution >= 0.6 is 0 Å². The van der Waals surface area contributed by atoms with Crippen molar-refractivity contribution in [2.24, 2.45) is 0 Å². The van der Waals surface area contributed by atoms with Crippen molar-refractivity contribution in [3.8, 4) is 0 Å². The van der Waals surface area contributed by atoms with Crippen molar-refractivity contribution in [2.75, 3.05) is 6.61 Å². The smallest absolute Gasteiger partial charge is 0.115 e. The first-order chi connectivity index (χ1) is 5.24. The number of aliphatic hydroxyl groups excluding tert-OH is 1. The maximum Gasteiger partial charge on any atom is 0.115 e. The van der Waals surface area contributed by atoms with Crippen molar-refractivity contribution in [3.05, 3.63) is 24.5 Å². The zero-order valence-corrected chi connectivity index (χ0v) is 6.68. The first kappa shape index (κ1) is 8.34. The van der Waals surface area contributed by atoms with Gasteiger partial charge in [-0.1, -0.05) is 13.2 Å². The van der Waals surface area contributed by atoms with Gasteiger partial charge in [-0.2, -0.15) is 0 Å². The molecule has 1 fully saturated rings. The summed E-state index contributed by atoms with van der Waals surface area (Å²) in [7, 11) is 0. The predicted octanol–water partition coefficient (Wildman–Crippen LogP) is 1.62. The van der Waals surface area contributed by atoms with Gasteiger partial charge in [0.05, 0.1) is 0 Å². The van der Waals surface area contributed by atoms with E-state index in [2.05, 4.69) is 13.2 Å². The Balaban J connectivity index is 2.40. The summed E-state index contributed by atoms with van der Waals surface area (Å²) in [6.45, 7) is 7.71. The van der Waals surface area contributed by atoms with Crippen molar-refractivity contribution < 1.29 is 9.84 Å². The molecule has 0 aromatic heterocycles. The molecule has 0 spiro atoms. The number of aliphatic hydroxyl groups is 1. The maximum atomic E-state index is 8.64. The van der Waals surface area contributed by atoms with Crippen LogP contribution in [0.15, 0.2) is 24.5 Å². The van der Waals surface area contributed by atoms with Crippen LogP contribution in [0.4, 0.5) is 0 Å². The van der Waals surface area contributed by atoms with Gasteiger partial charge in [0.15, 0.2) is 0 Å². The van der Waals surface area contributed by atoms with Gasteiger partial charge in [-0.05, 0) is 18.4 Å². The van der Waals surface area contributed by atoms with Crippen LogP contribution in [-0.4, -0.2) is 17.8 Å². The minimum atomic E-state index is 0.151. The summed E-state index contributed by atoms with van der Waals surface area (Å²) in [5.41, 5.74) is 0.985. The molecule has 1 heterocycles. The molecule has 1 unspecified atom stereocenters. The average molecular weight is 154 g/mol. The Morgan fingerprint density at radius 3 is 2.82 bits per heavy atom. The van der Waals surface area contributed by atoms with Gasteiger partial charge < -0.3 is 9.84 Å². The molecule has 0 amide bonds. The lowest BCUT2D eigenvalue weighted by atomic mass is 10.0. The van der Waals surface area contributed by atoms with E-state index in [1.165, 1.54) is 0 Å². The maximum absolute atomic E-state index is 8.64. The fourth-order valence-electron chi connectivity index (χ4n) is 1.17. The highest BCUT2D eigenvalue weighted by Crippen LogP contribution is 2.25. The molecule has 1 rings (SSSR count). The third-order valence-corrected chi connectivity index (χ3v) is 1.92. The van der Waals surface area contributed by atoms with Crippen molar-refractivity contribution in [1.29, 1.82) is 0 Å². The number of hydrogen-bond donors (Lipinski definition) is 1. The van der Waals surface area contributed by atoms with E-state index in [-0.39, 0.29) is 12.7 Å². The second-order valence-electron chi connectivity index (χ2n) is 2.82. The summed E-state index contributed by atoms with van der Waals surface area (Å²) in [4.78, 5) is 0. The summed E-state index contributed by atoms with van der Waals surface area (Å²) in [5, 5.41) is 8.64. The standard InChI is InChI=1S/C9H14O2/c1-7-3-4-9(5-6-10)11-8(7)2/h9-10H,1-6H2. The molecule has 0 bridgehead atoms. The highest BCUT2D eigenvalue weighted by Gasteiger charge is 2.18. The molecule has 11 heavy (non-hydrogen) atoms. The largest absolute Gasteiger partial charge is 0.491 e. The molecular formula is C9H14O2. The van der Waals surface area contributed by atoms with Gasteiger partial charge in [0.1, 0.15) is 11.9 Å². The molecule has 1 N–H and O–H groups in total. The highest BCUT2D eigenvalue weighted by molar-refractivity contribution is 5.21. The highest BCUT2D eigenvalue weighted by atomic mass is 16.5. The molecule has 1 saturated heterocycles. The third-order valence-electron chi connectivity index (χ3n) is 1.92. The van der Waals surface area contributed by atoms with E-state index in [0.717, 1.165) is 18.4 Å². The van der Waals surface area contributed by atoms with Gasteiger partial charge in [-0.25, -0.2) is 0 Å². The Labute approximate surface area is 67.2 Å². The fourth-order valence-corrected chi connectivity index (χ4v) is 1.17. The second-order valence-corrected chi connectivity index (χ2v) is 2.82. The van der Waals surface area contributed by atoms with E-state index in [9.17, 15) is 0 Å². The third kappa shape index (κ3) is 2.09. The summed E-state index contributed by atoms with van der Waals surface area (Å²) in [6, 6.07) is 0. The monoisotopic (exact) mass is 154 g/mol. The van der Waals surface area contributed by atoms with Gasteiger partial charge in [0, 0.05) is 13.0 Å². The molecule has 0 aromatic carbocycles. The van der Waals surface area contributed by atoms with Gasteiger partial charge in [0.2, 0.25) is 0 Å². The van der Waals surface area contributed by atoms with Crippen LogP contribution < -0.4 is 0 Å². The minimum Gasteiger partial charge on any atom is -0.491 e. The van der Waals surface area contributed by atoms with Crippen LogP contribution in [0.1, 0.15) is 19.3 Å². The van der Waals surface area contributed by atoms with Gasteiger partial charge in [-0.3, -0.25) is 0 Å². The number of rotatable bonds is 2. The normalized spacial score (nSPS) is 25.0. The van der Waals surface area contributed by atoms with Gasteiger partial charge in [-0.15, -0.1) is 0 Å². The lowest BCUT2D eigenvalue weighted by Crippen LogP contribution is -2.19. The molecule has 0 saturated carbocycles. The van der Waals surface area contributed by atoms with E-state index >= 15 is 0 Å². The molecule has 2 heteroatoms. The lowest BCUT2D eigenvalue weighted by Gasteiger charge is -2.26. The van der Waals surface area contributed by atoms with Crippen molar-refractivity contribution >= 4 is 0 Å². The van der Waals surface area contributed by atoms with Crippen molar-refractivity contribution in [2.45, 2.75) is 25.4 Å². The Morgan fingerprint density at radius 1 is 1.55 bits per heavy atom. The zero-order chi connectivity index (χ0) is 8.27. The average Bonchev–Trinajstić information content (AvgIpc) is 1.98. The SMILES string of the molecule is C=C1CCC(CCO)OC1=C. The van der Waals surface area contributed by atoms with Crippen molar-refractivity contribution in [3.63, 3.8) is 0 Å². The summed E-state index contributed by atoms with van der Waals surface area (Å²) in [6.07, 6.45) is 2.76. The Bertz CT molecular complexity index is 172. The van der Waals surface area contributed by atoms with Crippen LogP contribution in [0.25, 0.3) is 0 Å². The van der Waals surface area contributed by atoms with E-state index in [0.29, 0.717) is 12.2 Å². The predicted molar refractivity (Wildman–Crippen MR) is 44.1 cm³/mol. The van der Waals surface area contributed by atoms with Crippen LogP contribution in [0.5, 0.6) is 0 Å². The molecular weight excluding hydrogens is 140 g/mol. The molecule has 1 aliphatic rings. The van der Waals surface area contributed by atoms with E-state index in [1.807, 2.05) is 0 Å². The second kappa shape index (κ2) is 3.58. The van der Waals surface area contributed by atoms with Crippen molar-refractivity contribution in [1.82, 2.24) is 0 Å².